The summed E-state index contributed by atoms with van der Waals surface area (Å²) in [6, 6.07) is 0. The maximum atomic E-state index is 8.58. The molecule has 10 heteroatoms. The van der Waals surface area contributed by atoms with Gasteiger partial charge in [0.05, 0.1) is 0 Å². The van der Waals surface area contributed by atoms with Gasteiger partial charge in [-0.1, -0.05) is 0 Å². The number of hydrogen-bond donors (Lipinski definition) is 0. The average Bonchev–Trinajstić information content (AvgIpc) is 1.25. The fraction of sp³-hybridized carbons (Fsp3) is 0. The summed E-state index contributed by atoms with van der Waals surface area (Å²) < 4.78 is 51.5. The van der Waals surface area contributed by atoms with Crippen molar-refractivity contribution in [1.29, 1.82) is 0 Å². The van der Waals surface area contributed by atoms with Gasteiger partial charge in [-0.25, -0.2) is 0 Å². The second-order valence-electron chi connectivity index (χ2n) is 0.500. The third-order valence-corrected chi connectivity index (χ3v) is 0. The molecule has 0 amide bonds. The molecule has 0 spiro atoms. The molecule has 0 saturated heterocycles. The third kappa shape index (κ3) is 170. The van der Waals surface area contributed by atoms with Crippen LogP contribution in [-0.2, 0) is 60.4 Å². The SMILES string of the molecule is [Ni+2].[O]=[Ti]([O-])[O-].[O]=[Ti]([O-])[O-].[Pb+2]. The number of hydrogen-bond acceptors (Lipinski definition) is 6. The van der Waals surface area contributed by atoms with Crippen molar-refractivity contribution in [3.63, 3.8) is 0 Å². The Labute approximate surface area is 101 Å². The molecule has 0 fully saturated rings. The molecule has 2 radical (unpaired) electrons. The molecule has 0 aliphatic carbocycles. The van der Waals surface area contributed by atoms with Crippen molar-refractivity contribution in [2.45, 2.75) is 0 Å². The molecule has 0 unspecified atom stereocenters. The molecule has 0 bridgehead atoms. The van der Waals surface area contributed by atoms with Gasteiger partial charge >= 0.3 is 102 Å². The molecule has 0 aliphatic heterocycles. The summed E-state index contributed by atoms with van der Waals surface area (Å²) in [6.45, 7) is 0. The monoisotopic (exact) mass is 458 g/mol. The predicted octanol–water partition coefficient (Wildman–Crippen LogP) is -5.38. The largest absolute Gasteiger partial charge is 2.00 e. The van der Waals surface area contributed by atoms with Gasteiger partial charge in [-0.05, 0) is 0 Å². The zero-order valence-corrected chi connectivity index (χ0v) is 12.3. The van der Waals surface area contributed by atoms with E-state index < -0.39 is 37.2 Å². The Balaban J connectivity index is -0.0000000300. The minimum Gasteiger partial charge on any atom is 2.00 e. The van der Waals surface area contributed by atoms with Crippen LogP contribution in [0.25, 0.3) is 0 Å². The van der Waals surface area contributed by atoms with E-state index in [0.717, 1.165) is 0 Å². The number of rotatable bonds is 0. The Kier molecular flexibility index (Phi) is 39.6. The van der Waals surface area contributed by atoms with Crippen LogP contribution < -0.4 is 14.8 Å². The molecular formula is NiO6PbTi2. The second-order valence-corrected chi connectivity index (χ2v) is 2.06. The first-order valence-electron chi connectivity index (χ1n) is 1.22. The Bertz CT molecular complexity index is 73.7. The van der Waals surface area contributed by atoms with E-state index in [9.17, 15) is 0 Å². The standard InChI is InChI=1S/Ni.6O.Pb.2Ti/q+2;;;4*-1;+2;;. The minimum atomic E-state index is -4.08. The van der Waals surface area contributed by atoms with Gasteiger partial charge in [0.1, 0.15) is 0 Å². The molecule has 0 saturated carbocycles. The van der Waals surface area contributed by atoms with Crippen LogP contribution in [0.4, 0.5) is 0 Å². The van der Waals surface area contributed by atoms with Crippen molar-refractivity contribution in [2.75, 3.05) is 0 Å². The smallest absolute Gasteiger partial charge is 2.00 e. The van der Waals surface area contributed by atoms with Crippen molar-refractivity contribution < 1.29 is 75.1 Å². The summed E-state index contributed by atoms with van der Waals surface area (Å²) in [5.74, 6) is 0. The Morgan fingerprint density at radius 3 is 0.800 bits per heavy atom. The molecule has 0 N–H and O–H groups in total. The molecule has 0 atom stereocenters. The average molecular weight is 458 g/mol. The quantitative estimate of drug-likeness (QED) is 0.334. The zero-order chi connectivity index (χ0) is 7.15. The maximum Gasteiger partial charge on any atom is 2.00 e. The second kappa shape index (κ2) is 17.4. The van der Waals surface area contributed by atoms with Crippen molar-refractivity contribution >= 4 is 27.3 Å². The van der Waals surface area contributed by atoms with Crippen LogP contribution in [0.2, 0.25) is 0 Å². The molecule has 0 aromatic rings. The molecule has 0 heterocycles. The Morgan fingerprint density at radius 2 is 0.800 bits per heavy atom. The van der Waals surface area contributed by atoms with Gasteiger partial charge in [0, 0.05) is 0 Å². The summed E-state index contributed by atoms with van der Waals surface area (Å²) in [5.41, 5.74) is 0. The summed E-state index contributed by atoms with van der Waals surface area (Å²) in [6.07, 6.45) is 0. The van der Waals surface area contributed by atoms with Crippen molar-refractivity contribution in [1.82, 2.24) is 0 Å². The van der Waals surface area contributed by atoms with E-state index >= 15 is 0 Å². The minimum absolute atomic E-state index is 0. The van der Waals surface area contributed by atoms with Gasteiger partial charge in [0.2, 0.25) is 0 Å². The van der Waals surface area contributed by atoms with E-state index in [2.05, 4.69) is 0 Å². The summed E-state index contributed by atoms with van der Waals surface area (Å²) >= 11 is -8.17. The van der Waals surface area contributed by atoms with Gasteiger partial charge in [-0.3, -0.25) is 0 Å². The summed E-state index contributed by atoms with van der Waals surface area (Å²) in [5, 5.41) is 0. The van der Waals surface area contributed by atoms with Crippen molar-refractivity contribution in [3.8, 4) is 0 Å². The van der Waals surface area contributed by atoms with E-state index in [0.29, 0.717) is 0 Å². The third-order valence-electron chi connectivity index (χ3n) is 0. The van der Waals surface area contributed by atoms with Crippen LogP contribution in [0.3, 0.4) is 0 Å². The van der Waals surface area contributed by atoms with Crippen LogP contribution >= 0.6 is 0 Å². The van der Waals surface area contributed by atoms with Gasteiger partial charge in [-0.2, -0.15) is 0 Å². The molecule has 58 valence electrons. The summed E-state index contributed by atoms with van der Waals surface area (Å²) in [4.78, 5) is 0. The fourth-order valence-electron chi connectivity index (χ4n) is 0. The molecule has 0 rings (SSSR count). The molecule has 0 aliphatic rings. The fourth-order valence-corrected chi connectivity index (χ4v) is 0. The van der Waals surface area contributed by atoms with Gasteiger partial charge in [0.25, 0.3) is 0 Å². The normalized spacial score (nSPS) is 5.20. The first-order valence-corrected chi connectivity index (χ1v) is 5.05. The van der Waals surface area contributed by atoms with E-state index in [1.807, 2.05) is 0 Å². The van der Waals surface area contributed by atoms with Crippen molar-refractivity contribution in [3.05, 3.63) is 0 Å². The Morgan fingerprint density at radius 1 is 0.800 bits per heavy atom. The molecule has 6 nitrogen and oxygen atoms in total. The molecular weight excluding hydrogens is 458 g/mol. The maximum absolute atomic E-state index is 8.58. The topological polar surface area (TPSA) is 126 Å². The van der Waals surface area contributed by atoms with E-state index in [-0.39, 0.29) is 43.8 Å². The van der Waals surface area contributed by atoms with Gasteiger partial charge in [-0.15, -0.1) is 0 Å². The van der Waals surface area contributed by atoms with Gasteiger partial charge < -0.3 is 0 Å². The molecule has 0 aromatic carbocycles. The zero-order valence-electron chi connectivity index (χ0n) is 4.27. The molecule has 0 aromatic heterocycles. The van der Waals surface area contributed by atoms with Crippen LogP contribution in [-0.4, -0.2) is 27.3 Å². The Hall–Kier alpha value is 2.28. The molecule has 10 heavy (non-hydrogen) atoms. The van der Waals surface area contributed by atoms with Crippen LogP contribution in [0, 0.1) is 0 Å². The van der Waals surface area contributed by atoms with E-state index in [4.69, 9.17) is 21.4 Å². The van der Waals surface area contributed by atoms with Crippen molar-refractivity contribution in [2.24, 2.45) is 0 Å². The predicted molar refractivity (Wildman–Crippen MR) is 7.13 cm³/mol. The van der Waals surface area contributed by atoms with Crippen LogP contribution in [0.15, 0.2) is 0 Å². The van der Waals surface area contributed by atoms with Crippen LogP contribution in [0.1, 0.15) is 0 Å². The van der Waals surface area contributed by atoms with E-state index in [1.165, 1.54) is 0 Å². The first kappa shape index (κ1) is 22.8. The first-order chi connectivity index (χ1) is 3.46. The van der Waals surface area contributed by atoms with E-state index in [1.54, 1.807) is 0 Å². The summed E-state index contributed by atoms with van der Waals surface area (Å²) in [7, 11) is 0. The van der Waals surface area contributed by atoms with Crippen LogP contribution in [0.5, 0.6) is 0 Å². The van der Waals surface area contributed by atoms with Gasteiger partial charge in [0.15, 0.2) is 0 Å².